The smallest absolute Gasteiger partial charge is 0.164 e. The summed E-state index contributed by atoms with van der Waals surface area (Å²) in [5, 5.41) is 5.30. The van der Waals surface area contributed by atoms with Crippen LogP contribution in [0.1, 0.15) is 0 Å². The molecule has 6 nitrogen and oxygen atoms in total. The SMILES string of the molecule is c1ccc(-c2nc(-c3ccccc3)nc(-c3ccc(-c4cnc(-c5nc6ccccc6c6ccccc56)c5oc6ccccc6c45)cc3)n2)cc1. The molecule has 0 aliphatic heterocycles. The van der Waals surface area contributed by atoms with Crippen LogP contribution in [0.4, 0.5) is 0 Å². The molecule has 10 aromatic rings. The molecule has 4 heterocycles. The molecule has 0 spiro atoms. The minimum Gasteiger partial charge on any atom is -0.454 e. The number of para-hydroxylation sites is 2. The number of benzene rings is 6. The first-order chi connectivity index (χ1) is 25.3. The molecule has 4 aromatic heterocycles. The van der Waals surface area contributed by atoms with Crippen LogP contribution in [0.3, 0.4) is 0 Å². The van der Waals surface area contributed by atoms with Crippen molar-refractivity contribution in [3.63, 3.8) is 0 Å². The van der Waals surface area contributed by atoms with Crippen LogP contribution < -0.4 is 0 Å². The van der Waals surface area contributed by atoms with E-state index in [2.05, 4.69) is 66.7 Å². The van der Waals surface area contributed by atoms with Crippen molar-refractivity contribution in [2.45, 2.75) is 0 Å². The molecule has 51 heavy (non-hydrogen) atoms. The van der Waals surface area contributed by atoms with Crippen molar-refractivity contribution in [3.8, 4) is 56.7 Å². The predicted octanol–water partition coefficient (Wildman–Crippen LogP) is 11.2. The van der Waals surface area contributed by atoms with Gasteiger partial charge in [0.1, 0.15) is 17.0 Å². The summed E-state index contributed by atoms with van der Waals surface area (Å²) < 4.78 is 6.64. The molecule has 0 saturated heterocycles. The zero-order valence-corrected chi connectivity index (χ0v) is 27.2. The fraction of sp³-hybridized carbons (Fsp3) is 0. The average molecular weight is 654 g/mol. The summed E-state index contributed by atoms with van der Waals surface area (Å²) in [6, 6.07) is 53.1. The molecule has 6 aromatic carbocycles. The van der Waals surface area contributed by atoms with Gasteiger partial charge in [0.05, 0.1) is 5.52 Å². The molecule has 0 atom stereocenters. The second-order valence-corrected chi connectivity index (χ2v) is 12.5. The highest BCUT2D eigenvalue weighted by Gasteiger charge is 2.22. The molecule has 0 aliphatic carbocycles. The van der Waals surface area contributed by atoms with Gasteiger partial charge in [-0.3, -0.25) is 0 Å². The van der Waals surface area contributed by atoms with Gasteiger partial charge in [0.2, 0.25) is 0 Å². The summed E-state index contributed by atoms with van der Waals surface area (Å²) in [5.41, 5.74) is 8.69. The number of hydrogen-bond acceptors (Lipinski definition) is 6. The maximum Gasteiger partial charge on any atom is 0.164 e. The topological polar surface area (TPSA) is 77.6 Å². The second kappa shape index (κ2) is 11.8. The number of nitrogens with zero attached hydrogens (tertiary/aromatic N) is 5. The highest BCUT2D eigenvalue weighted by molar-refractivity contribution is 6.18. The molecule has 0 saturated carbocycles. The zero-order chi connectivity index (χ0) is 33.7. The van der Waals surface area contributed by atoms with E-state index in [9.17, 15) is 0 Å². The standard InChI is InChI=1S/C45H27N5O/c1-3-13-29(14-4-1)43-48-44(30-15-5-2-6-16-30)50-45(49-43)31-25-23-28(24-26-31)36-27-46-41(42-39(36)35-20-10-12-22-38(35)51-42)40-34-19-8-7-17-32(34)33-18-9-11-21-37(33)47-40/h1-27H. The summed E-state index contributed by atoms with van der Waals surface area (Å²) in [6.07, 6.45) is 1.95. The normalized spacial score (nSPS) is 11.5. The largest absolute Gasteiger partial charge is 0.454 e. The number of furan rings is 1. The van der Waals surface area contributed by atoms with Crippen LogP contribution in [-0.2, 0) is 0 Å². The van der Waals surface area contributed by atoms with Gasteiger partial charge in [-0.2, -0.15) is 0 Å². The minimum absolute atomic E-state index is 0.607. The van der Waals surface area contributed by atoms with E-state index in [1.807, 2.05) is 97.2 Å². The number of aromatic nitrogens is 5. The van der Waals surface area contributed by atoms with Gasteiger partial charge in [0, 0.05) is 50.0 Å². The van der Waals surface area contributed by atoms with Gasteiger partial charge in [-0.25, -0.2) is 24.9 Å². The fourth-order valence-electron chi connectivity index (χ4n) is 6.94. The molecule has 10 rings (SSSR count). The molecule has 6 heteroatoms. The number of rotatable bonds is 5. The molecular formula is C45H27N5O. The third kappa shape index (κ3) is 4.92. The van der Waals surface area contributed by atoms with E-state index >= 15 is 0 Å². The lowest BCUT2D eigenvalue weighted by Crippen LogP contribution is -2.00. The molecule has 238 valence electrons. The lowest BCUT2D eigenvalue weighted by Gasteiger charge is -2.12. The van der Waals surface area contributed by atoms with Gasteiger partial charge < -0.3 is 4.42 Å². The monoisotopic (exact) mass is 653 g/mol. The number of hydrogen-bond donors (Lipinski definition) is 0. The average Bonchev–Trinajstić information content (AvgIpc) is 3.61. The molecule has 0 aliphatic rings. The molecule has 0 unspecified atom stereocenters. The van der Waals surface area contributed by atoms with Crippen LogP contribution in [-0.4, -0.2) is 24.9 Å². The van der Waals surface area contributed by atoms with Gasteiger partial charge in [-0.15, -0.1) is 0 Å². The third-order valence-electron chi connectivity index (χ3n) is 9.39. The Kier molecular flexibility index (Phi) is 6.70. The summed E-state index contributed by atoms with van der Waals surface area (Å²) in [7, 11) is 0. The van der Waals surface area contributed by atoms with Crippen molar-refractivity contribution in [2.75, 3.05) is 0 Å². The van der Waals surface area contributed by atoms with Crippen molar-refractivity contribution < 1.29 is 4.42 Å². The maximum absolute atomic E-state index is 6.64. The quantitative estimate of drug-likeness (QED) is 0.172. The molecular weight excluding hydrogens is 627 g/mol. The van der Waals surface area contributed by atoms with Crippen LogP contribution in [0, 0.1) is 0 Å². The van der Waals surface area contributed by atoms with Crippen LogP contribution >= 0.6 is 0 Å². The Balaban J connectivity index is 1.13. The summed E-state index contributed by atoms with van der Waals surface area (Å²) in [4.78, 5) is 24.9. The first-order valence-corrected chi connectivity index (χ1v) is 16.8. The van der Waals surface area contributed by atoms with E-state index in [1.54, 1.807) is 0 Å². The van der Waals surface area contributed by atoms with Crippen LogP contribution in [0.5, 0.6) is 0 Å². The van der Waals surface area contributed by atoms with Gasteiger partial charge in [0.25, 0.3) is 0 Å². The molecule has 0 fully saturated rings. The zero-order valence-electron chi connectivity index (χ0n) is 27.2. The Morgan fingerprint density at radius 3 is 1.55 bits per heavy atom. The Hall–Kier alpha value is -7.05. The summed E-state index contributed by atoms with van der Waals surface area (Å²) >= 11 is 0. The highest BCUT2D eigenvalue weighted by Crippen LogP contribution is 2.42. The summed E-state index contributed by atoms with van der Waals surface area (Å²) in [6.45, 7) is 0. The van der Waals surface area contributed by atoms with E-state index in [0.717, 1.165) is 77.2 Å². The number of pyridine rings is 2. The van der Waals surface area contributed by atoms with Crippen molar-refractivity contribution in [3.05, 3.63) is 164 Å². The van der Waals surface area contributed by atoms with E-state index in [-0.39, 0.29) is 0 Å². The van der Waals surface area contributed by atoms with Crippen LogP contribution in [0.2, 0.25) is 0 Å². The van der Waals surface area contributed by atoms with Crippen LogP contribution in [0.25, 0.3) is 100 Å². The third-order valence-corrected chi connectivity index (χ3v) is 9.39. The Morgan fingerprint density at radius 2 is 0.882 bits per heavy atom. The minimum atomic E-state index is 0.607. The van der Waals surface area contributed by atoms with Crippen molar-refractivity contribution in [1.82, 2.24) is 24.9 Å². The van der Waals surface area contributed by atoms with E-state index < -0.39 is 0 Å². The molecule has 0 radical (unpaired) electrons. The van der Waals surface area contributed by atoms with Gasteiger partial charge in [0.15, 0.2) is 23.1 Å². The lowest BCUT2D eigenvalue weighted by molar-refractivity contribution is 0.668. The first kappa shape index (κ1) is 28.9. The van der Waals surface area contributed by atoms with Gasteiger partial charge in [-0.05, 0) is 23.1 Å². The molecule has 0 N–H and O–H groups in total. The molecule has 0 amide bonds. The van der Waals surface area contributed by atoms with Gasteiger partial charge in [-0.1, -0.05) is 146 Å². The Morgan fingerprint density at radius 1 is 0.373 bits per heavy atom. The molecule has 0 bridgehead atoms. The highest BCUT2D eigenvalue weighted by atomic mass is 16.3. The first-order valence-electron chi connectivity index (χ1n) is 16.8. The Labute approximate surface area is 292 Å². The Bertz CT molecular complexity index is 2840. The van der Waals surface area contributed by atoms with E-state index in [0.29, 0.717) is 23.1 Å². The fourth-order valence-corrected chi connectivity index (χ4v) is 6.94. The van der Waals surface area contributed by atoms with Crippen molar-refractivity contribution in [2.24, 2.45) is 0 Å². The van der Waals surface area contributed by atoms with E-state index in [4.69, 9.17) is 29.3 Å². The number of fused-ring (bicyclic) bond motifs is 6. The van der Waals surface area contributed by atoms with E-state index in [1.165, 1.54) is 0 Å². The van der Waals surface area contributed by atoms with Crippen LogP contribution in [0.15, 0.2) is 168 Å². The lowest BCUT2D eigenvalue weighted by atomic mass is 9.97. The summed E-state index contributed by atoms with van der Waals surface area (Å²) in [5.74, 6) is 1.87. The van der Waals surface area contributed by atoms with Gasteiger partial charge >= 0.3 is 0 Å². The van der Waals surface area contributed by atoms with Crippen molar-refractivity contribution >= 4 is 43.6 Å². The maximum atomic E-state index is 6.64. The predicted molar refractivity (Wildman–Crippen MR) is 205 cm³/mol. The van der Waals surface area contributed by atoms with Crippen molar-refractivity contribution in [1.29, 1.82) is 0 Å². The second-order valence-electron chi connectivity index (χ2n) is 12.5.